The Balaban J connectivity index is 0.00000420. The lowest BCUT2D eigenvalue weighted by molar-refractivity contribution is -0.0261. The number of carbonyl (C=O) groups is 1. The van der Waals surface area contributed by atoms with E-state index in [1.54, 1.807) is 24.5 Å². The summed E-state index contributed by atoms with van der Waals surface area (Å²) >= 11 is 0. The molecule has 1 aliphatic heterocycles. The molecule has 0 aromatic carbocycles. The van der Waals surface area contributed by atoms with Gasteiger partial charge in [-0.15, -0.1) is 24.0 Å². The Morgan fingerprint density at radius 1 is 1.34 bits per heavy atom. The molecule has 2 rings (SSSR count). The first-order chi connectivity index (χ1) is 13.6. The van der Waals surface area contributed by atoms with Gasteiger partial charge in [-0.3, -0.25) is 19.7 Å². The standard InChI is InChI=1S/C20H34N6O2.HI/c1-4-22-20(24-9-8-23-19(27)17-6-5-7-21-12-17)25-13-18-15-26(10-11-28-18)14-16(2)3;/h5-7,12,16,18H,4,8-11,13-15H2,1-3H3,(H,23,27)(H2,22,24,25);1H. The third kappa shape index (κ3) is 10.2. The van der Waals surface area contributed by atoms with Crippen LogP contribution in [0.4, 0.5) is 0 Å². The average Bonchev–Trinajstić information content (AvgIpc) is 2.69. The molecular formula is C20H35IN6O2. The molecule has 1 amide bonds. The van der Waals surface area contributed by atoms with Crippen molar-refractivity contribution >= 4 is 35.8 Å². The molecule has 9 heteroatoms. The summed E-state index contributed by atoms with van der Waals surface area (Å²) in [6.45, 7) is 12.8. The number of halogens is 1. The molecule has 29 heavy (non-hydrogen) atoms. The van der Waals surface area contributed by atoms with Crippen LogP contribution in [0.3, 0.4) is 0 Å². The predicted octanol–water partition coefficient (Wildman–Crippen LogP) is 1.34. The third-order valence-electron chi connectivity index (χ3n) is 4.27. The number of carbonyl (C=O) groups excluding carboxylic acids is 1. The zero-order chi connectivity index (χ0) is 20.2. The molecule has 0 aliphatic carbocycles. The lowest BCUT2D eigenvalue weighted by Gasteiger charge is -2.33. The van der Waals surface area contributed by atoms with Gasteiger partial charge in [0.25, 0.3) is 5.91 Å². The smallest absolute Gasteiger partial charge is 0.252 e. The van der Waals surface area contributed by atoms with Gasteiger partial charge in [0, 0.05) is 51.7 Å². The number of ether oxygens (including phenoxy) is 1. The lowest BCUT2D eigenvalue weighted by Crippen LogP contribution is -2.46. The molecule has 1 atom stereocenters. The second kappa shape index (κ2) is 14.5. The summed E-state index contributed by atoms with van der Waals surface area (Å²) in [5.41, 5.74) is 0.559. The summed E-state index contributed by atoms with van der Waals surface area (Å²) in [4.78, 5) is 23.1. The van der Waals surface area contributed by atoms with E-state index in [9.17, 15) is 4.79 Å². The van der Waals surface area contributed by atoms with Crippen molar-refractivity contribution in [1.29, 1.82) is 0 Å². The van der Waals surface area contributed by atoms with Crippen molar-refractivity contribution in [3.05, 3.63) is 30.1 Å². The van der Waals surface area contributed by atoms with Crippen LogP contribution < -0.4 is 16.0 Å². The number of morpholine rings is 1. The van der Waals surface area contributed by atoms with Crippen LogP contribution in [0.15, 0.2) is 29.5 Å². The van der Waals surface area contributed by atoms with Gasteiger partial charge >= 0.3 is 0 Å². The van der Waals surface area contributed by atoms with E-state index in [0.29, 0.717) is 31.1 Å². The van der Waals surface area contributed by atoms with Gasteiger partial charge in [0.15, 0.2) is 5.96 Å². The van der Waals surface area contributed by atoms with Crippen molar-refractivity contribution in [2.45, 2.75) is 26.9 Å². The van der Waals surface area contributed by atoms with E-state index in [2.05, 4.69) is 44.7 Å². The molecule has 2 heterocycles. The average molecular weight is 518 g/mol. The molecule has 3 N–H and O–H groups in total. The van der Waals surface area contributed by atoms with Gasteiger partial charge in [0.1, 0.15) is 0 Å². The fourth-order valence-corrected chi connectivity index (χ4v) is 3.06. The van der Waals surface area contributed by atoms with Gasteiger partial charge in [-0.05, 0) is 25.0 Å². The number of nitrogens with one attached hydrogen (secondary N) is 3. The number of hydrogen-bond acceptors (Lipinski definition) is 5. The Morgan fingerprint density at radius 2 is 2.14 bits per heavy atom. The van der Waals surface area contributed by atoms with Crippen LogP contribution in [0.25, 0.3) is 0 Å². The van der Waals surface area contributed by atoms with Gasteiger partial charge < -0.3 is 20.7 Å². The van der Waals surface area contributed by atoms with E-state index in [0.717, 1.165) is 38.7 Å². The maximum Gasteiger partial charge on any atom is 0.252 e. The molecule has 1 aromatic rings. The van der Waals surface area contributed by atoms with Crippen LogP contribution in [0, 0.1) is 5.92 Å². The van der Waals surface area contributed by atoms with E-state index < -0.39 is 0 Å². The molecule has 164 valence electrons. The fourth-order valence-electron chi connectivity index (χ4n) is 3.06. The molecule has 0 spiro atoms. The monoisotopic (exact) mass is 518 g/mol. The van der Waals surface area contributed by atoms with Crippen molar-refractivity contribution in [3.8, 4) is 0 Å². The van der Waals surface area contributed by atoms with E-state index in [4.69, 9.17) is 4.74 Å². The fraction of sp³-hybridized carbons (Fsp3) is 0.650. The number of rotatable bonds is 9. The van der Waals surface area contributed by atoms with Crippen molar-refractivity contribution in [3.63, 3.8) is 0 Å². The summed E-state index contributed by atoms with van der Waals surface area (Å²) in [6, 6.07) is 3.49. The topological polar surface area (TPSA) is 90.9 Å². The third-order valence-corrected chi connectivity index (χ3v) is 4.27. The second-order valence-electron chi connectivity index (χ2n) is 7.29. The quantitative estimate of drug-likeness (QED) is 0.198. The van der Waals surface area contributed by atoms with Crippen LogP contribution in [0.1, 0.15) is 31.1 Å². The molecule has 1 saturated heterocycles. The highest BCUT2D eigenvalue weighted by Crippen LogP contribution is 2.08. The largest absolute Gasteiger partial charge is 0.374 e. The van der Waals surface area contributed by atoms with Crippen LogP contribution in [-0.2, 0) is 4.74 Å². The summed E-state index contributed by atoms with van der Waals surface area (Å²) in [7, 11) is 0. The summed E-state index contributed by atoms with van der Waals surface area (Å²) in [5.74, 6) is 1.27. The molecule has 0 bridgehead atoms. The van der Waals surface area contributed by atoms with Gasteiger partial charge in [-0.2, -0.15) is 0 Å². The summed E-state index contributed by atoms with van der Waals surface area (Å²) < 4.78 is 5.86. The molecule has 0 saturated carbocycles. The number of amides is 1. The van der Waals surface area contributed by atoms with E-state index in [-0.39, 0.29) is 36.0 Å². The highest BCUT2D eigenvalue weighted by molar-refractivity contribution is 14.0. The Labute approximate surface area is 191 Å². The molecule has 1 aliphatic rings. The van der Waals surface area contributed by atoms with E-state index >= 15 is 0 Å². The number of pyridine rings is 1. The summed E-state index contributed by atoms with van der Waals surface area (Å²) in [5, 5.41) is 9.35. The highest BCUT2D eigenvalue weighted by atomic mass is 127. The number of aliphatic imine (C=N–C) groups is 1. The van der Waals surface area contributed by atoms with Crippen LogP contribution >= 0.6 is 24.0 Å². The van der Waals surface area contributed by atoms with Crippen LogP contribution in [-0.4, -0.2) is 80.3 Å². The molecule has 1 unspecified atom stereocenters. The van der Waals surface area contributed by atoms with Crippen molar-refractivity contribution < 1.29 is 9.53 Å². The predicted molar refractivity (Wildman–Crippen MR) is 127 cm³/mol. The number of nitrogens with zero attached hydrogens (tertiary/aromatic N) is 3. The first kappa shape index (κ1) is 25.6. The minimum Gasteiger partial charge on any atom is -0.374 e. The SMILES string of the molecule is CCNC(=NCC1CN(CC(C)C)CCO1)NCCNC(=O)c1cccnc1.I. The second-order valence-corrected chi connectivity index (χ2v) is 7.29. The lowest BCUT2D eigenvalue weighted by atomic mass is 10.2. The van der Waals surface area contributed by atoms with Crippen molar-refractivity contribution in [1.82, 2.24) is 25.8 Å². The van der Waals surface area contributed by atoms with Crippen LogP contribution in [0.5, 0.6) is 0 Å². The molecular weight excluding hydrogens is 483 g/mol. The first-order valence-electron chi connectivity index (χ1n) is 10.1. The Hall–Kier alpha value is -1.46. The number of guanidine groups is 1. The molecule has 1 aromatic heterocycles. The Kier molecular flexibility index (Phi) is 12.8. The van der Waals surface area contributed by atoms with Gasteiger partial charge in [-0.25, -0.2) is 0 Å². The van der Waals surface area contributed by atoms with Gasteiger partial charge in [0.05, 0.1) is 24.8 Å². The van der Waals surface area contributed by atoms with Crippen LogP contribution in [0.2, 0.25) is 0 Å². The molecule has 8 nitrogen and oxygen atoms in total. The van der Waals surface area contributed by atoms with Crippen molar-refractivity contribution in [2.24, 2.45) is 10.9 Å². The number of aromatic nitrogens is 1. The van der Waals surface area contributed by atoms with Gasteiger partial charge in [-0.1, -0.05) is 13.8 Å². The number of hydrogen-bond donors (Lipinski definition) is 3. The molecule has 0 radical (unpaired) electrons. The molecule has 1 fully saturated rings. The van der Waals surface area contributed by atoms with Crippen molar-refractivity contribution in [2.75, 3.05) is 52.4 Å². The maximum atomic E-state index is 12.0. The maximum absolute atomic E-state index is 12.0. The zero-order valence-corrected chi connectivity index (χ0v) is 20.0. The van der Waals surface area contributed by atoms with E-state index in [1.165, 1.54) is 0 Å². The highest BCUT2D eigenvalue weighted by Gasteiger charge is 2.20. The van der Waals surface area contributed by atoms with Gasteiger partial charge in [0.2, 0.25) is 0 Å². The zero-order valence-electron chi connectivity index (χ0n) is 17.7. The normalized spacial score (nSPS) is 17.5. The Bertz CT molecular complexity index is 614. The van der Waals surface area contributed by atoms with E-state index in [1.807, 2.05) is 6.92 Å². The minimum atomic E-state index is -0.127. The summed E-state index contributed by atoms with van der Waals surface area (Å²) in [6.07, 6.45) is 3.32. The minimum absolute atomic E-state index is 0. The first-order valence-corrected chi connectivity index (χ1v) is 10.1. The Morgan fingerprint density at radius 3 is 2.83 bits per heavy atom.